The van der Waals surface area contributed by atoms with E-state index in [9.17, 15) is 19.2 Å². The van der Waals surface area contributed by atoms with Crippen LogP contribution in [0.2, 0.25) is 0 Å². The molecule has 2 heterocycles. The van der Waals surface area contributed by atoms with E-state index in [2.05, 4.69) is 15.6 Å². The molecule has 0 spiro atoms. The lowest BCUT2D eigenvalue weighted by Crippen LogP contribution is -2.31. The third-order valence-electron chi connectivity index (χ3n) is 6.34. The largest absolute Gasteiger partial charge is 0.493 e. The molecule has 3 aromatic carbocycles. The van der Waals surface area contributed by atoms with Crippen LogP contribution in [0, 0.1) is 0 Å². The van der Waals surface area contributed by atoms with Crippen molar-refractivity contribution in [2.24, 2.45) is 0 Å². The standard InChI is InChI=1S/C29H24N4O6S/c1-38-23-9-6-17(14-24(23)39-2)10-12-33-27(36)21-8-7-19(16-22(21)28(33)37)25(34)31-20-5-3-4-18(15-20)26(35)32-29-30-11-13-40-29/h3-9,11,13-16H,10,12H2,1-2H3,(H,31,34)(H,30,32,35). The monoisotopic (exact) mass is 556 g/mol. The number of ether oxygens (including phenoxy) is 2. The summed E-state index contributed by atoms with van der Waals surface area (Å²) in [5.74, 6) is -0.570. The summed E-state index contributed by atoms with van der Waals surface area (Å²) >= 11 is 1.30. The molecule has 0 radical (unpaired) electrons. The highest BCUT2D eigenvalue weighted by Crippen LogP contribution is 2.29. The van der Waals surface area contributed by atoms with Crippen molar-refractivity contribution in [2.75, 3.05) is 31.4 Å². The maximum atomic E-state index is 13.1. The van der Waals surface area contributed by atoms with Crippen molar-refractivity contribution in [3.05, 3.63) is 100 Å². The molecule has 40 heavy (non-hydrogen) atoms. The van der Waals surface area contributed by atoms with Gasteiger partial charge in [0.25, 0.3) is 23.6 Å². The van der Waals surface area contributed by atoms with E-state index in [0.717, 1.165) is 5.56 Å². The van der Waals surface area contributed by atoms with Gasteiger partial charge in [-0.05, 0) is 60.5 Å². The minimum Gasteiger partial charge on any atom is -0.493 e. The Morgan fingerprint density at radius 2 is 1.60 bits per heavy atom. The summed E-state index contributed by atoms with van der Waals surface area (Å²) in [5.41, 5.74) is 2.23. The number of aromatic nitrogens is 1. The molecule has 0 atom stereocenters. The van der Waals surface area contributed by atoms with Crippen molar-refractivity contribution < 1.29 is 28.7 Å². The number of hydrogen-bond acceptors (Lipinski definition) is 8. The van der Waals surface area contributed by atoms with E-state index >= 15 is 0 Å². The SMILES string of the molecule is COc1ccc(CCN2C(=O)c3ccc(C(=O)Nc4cccc(C(=O)Nc5nccs5)c4)cc3C2=O)cc1OC. The number of hydrogen-bond donors (Lipinski definition) is 2. The van der Waals surface area contributed by atoms with Gasteiger partial charge in [0.15, 0.2) is 16.6 Å². The number of rotatable bonds is 9. The van der Waals surface area contributed by atoms with E-state index in [1.807, 2.05) is 6.07 Å². The third kappa shape index (κ3) is 5.40. The minimum absolute atomic E-state index is 0.166. The number of methoxy groups -OCH3 is 2. The van der Waals surface area contributed by atoms with Gasteiger partial charge in [-0.25, -0.2) is 4.98 Å². The van der Waals surface area contributed by atoms with Gasteiger partial charge in [-0.2, -0.15) is 0 Å². The maximum Gasteiger partial charge on any atom is 0.261 e. The van der Waals surface area contributed by atoms with Crippen molar-refractivity contribution in [1.82, 2.24) is 9.88 Å². The van der Waals surface area contributed by atoms with Gasteiger partial charge in [0.1, 0.15) is 0 Å². The van der Waals surface area contributed by atoms with E-state index in [0.29, 0.717) is 34.3 Å². The summed E-state index contributed by atoms with van der Waals surface area (Å²) in [7, 11) is 3.09. The Labute approximate surface area is 233 Å². The Bertz CT molecular complexity index is 1620. The first-order valence-electron chi connectivity index (χ1n) is 12.2. The number of amides is 4. The van der Waals surface area contributed by atoms with E-state index < -0.39 is 17.7 Å². The highest BCUT2D eigenvalue weighted by atomic mass is 32.1. The number of thiazole rings is 1. The van der Waals surface area contributed by atoms with Crippen LogP contribution in [0.25, 0.3) is 0 Å². The molecular formula is C29H24N4O6S. The van der Waals surface area contributed by atoms with Crippen LogP contribution in [0.15, 0.2) is 72.2 Å². The number of benzene rings is 3. The van der Waals surface area contributed by atoms with Crippen molar-refractivity contribution in [1.29, 1.82) is 0 Å². The number of fused-ring (bicyclic) bond motifs is 1. The van der Waals surface area contributed by atoms with Crippen LogP contribution in [-0.2, 0) is 6.42 Å². The first-order valence-corrected chi connectivity index (χ1v) is 13.1. The molecule has 202 valence electrons. The summed E-state index contributed by atoms with van der Waals surface area (Å²) in [6.07, 6.45) is 2.01. The maximum absolute atomic E-state index is 13.1. The van der Waals surface area contributed by atoms with Gasteiger partial charge < -0.3 is 14.8 Å². The molecule has 0 saturated carbocycles. The first-order chi connectivity index (χ1) is 19.4. The minimum atomic E-state index is -0.482. The second-order valence-electron chi connectivity index (χ2n) is 8.79. The molecule has 0 unspecified atom stereocenters. The fourth-order valence-electron chi connectivity index (χ4n) is 4.31. The van der Waals surface area contributed by atoms with E-state index in [-0.39, 0.29) is 29.1 Å². The second-order valence-corrected chi connectivity index (χ2v) is 9.68. The summed E-state index contributed by atoms with van der Waals surface area (Å²) in [5, 5.41) is 7.65. The first kappa shape index (κ1) is 26.6. The van der Waals surface area contributed by atoms with Crippen LogP contribution in [-0.4, -0.2) is 54.3 Å². The van der Waals surface area contributed by atoms with Crippen molar-refractivity contribution in [2.45, 2.75) is 6.42 Å². The molecule has 2 N–H and O–H groups in total. The van der Waals surface area contributed by atoms with Gasteiger partial charge in [0.2, 0.25) is 0 Å². The Morgan fingerprint density at radius 3 is 2.35 bits per heavy atom. The zero-order chi connectivity index (χ0) is 28.2. The van der Waals surface area contributed by atoms with Gasteiger partial charge in [-0.15, -0.1) is 11.3 Å². The number of nitrogens with one attached hydrogen (secondary N) is 2. The molecule has 1 aliphatic rings. The van der Waals surface area contributed by atoms with Gasteiger partial charge in [0, 0.05) is 34.9 Å². The van der Waals surface area contributed by atoms with Crippen LogP contribution in [0.1, 0.15) is 47.0 Å². The van der Waals surface area contributed by atoms with Crippen LogP contribution < -0.4 is 20.1 Å². The number of nitrogens with zero attached hydrogens (tertiary/aromatic N) is 2. The molecular weight excluding hydrogens is 532 g/mol. The van der Waals surface area contributed by atoms with Crippen molar-refractivity contribution >= 4 is 45.8 Å². The predicted octanol–water partition coefficient (Wildman–Crippen LogP) is 4.50. The fraction of sp³-hybridized carbons (Fsp3) is 0.138. The highest BCUT2D eigenvalue weighted by molar-refractivity contribution is 7.13. The van der Waals surface area contributed by atoms with Crippen LogP contribution in [0.5, 0.6) is 11.5 Å². The van der Waals surface area contributed by atoms with Crippen molar-refractivity contribution in [3.63, 3.8) is 0 Å². The summed E-state index contributed by atoms with van der Waals surface area (Å²) in [6, 6.07) is 16.3. The molecule has 5 rings (SSSR count). The molecule has 0 aliphatic carbocycles. The lowest BCUT2D eigenvalue weighted by Gasteiger charge is -2.14. The fourth-order valence-corrected chi connectivity index (χ4v) is 4.83. The van der Waals surface area contributed by atoms with Crippen LogP contribution >= 0.6 is 11.3 Å². The Hall–Kier alpha value is -5.03. The second kappa shape index (κ2) is 11.4. The molecule has 4 amide bonds. The third-order valence-corrected chi connectivity index (χ3v) is 7.03. The lowest BCUT2D eigenvalue weighted by atomic mass is 10.1. The summed E-state index contributed by atoms with van der Waals surface area (Å²) in [6.45, 7) is 0.166. The molecule has 4 aromatic rings. The molecule has 0 bridgehead atoms. The zero-order valence-electron chi connectivity index (χ0n) is 21.6. The predicted molar refractivity (Wildman–Crippen MR) is 150 cm³/mol. The Balaban J connectivity index is 1.26. The zero-order valence-corrected chi connectivity index (χ0v) is 22.4. The lowest BCUT2D eigenvalue weighted by molar-refractivity contribution is 0.0655. The van der Waals surface area contributed by atoms with Gasteiger partial charge in [-0.3, -0.25) is 29.4 Å². The van der Waals surface area contributed by atoms with Gasteiger partial charge in [0.05, 0.1) is 25.3 Å². The number of carbonyl (C=O) groups excluding carboxylic acids is 4. The molecule has 0 saturated heterocycles. The molecule has 10 nitrogen and oxygen atoms in total. The normalized spacial score (nSPS) is 12.2. The van der Waals surface area contributed by atoms with Gasteiger partial charge in [-0.1, -0.05) is 12.1 Å². The molecule has 1 aliphatic heterocycles. The Kier molecular flexibility index (Phi) is 7.56. The molecule has 1 aromatic heterocycles. The molecule has 11 heteroatoms. The van der Waals surface area contributed by atoms with E-state index in [1.165, 1.54) is 41.5 Å². The number of imide groups is 1. The molecule has 0 fully saturated rings. The summed E-state index contributed by atoms with van der Waals surface area (Å²) in [4.78, 5) is 56.8. The Morgan fingerprint density at radius 1 is 0.850 bits per heavy atom. The van der Waals surface area contributed by atoms with Crippen LogP contribution in [0.3, 0.4) is 0 Å². The van der Waals surface area contributed by atoms with Gasteiger partial charge >= 0.3 is 0 Å². The highest BCUT2D eigenvalue weighted by Gasteiger charge is 2.35. The smallest absolute Gasteiger partial charge is 0.261 e. The summed E-state index contributed by atoms with van der Waals surface area (Å²) < 4.78 is 10.6. The average Bonchev–Trinajstić information content (AvgIpc) is 3.57. The topological polar surface area (TPSA) is 127 Å². The van der Waals surface area contributed by atoms with Crippen molar-refractivity contribution in [3.8, 4) is 11.5 Å². The number of carbonyl (C=O) groups is 4. The van der Waals surface area contributed by atoms with E-state index in [4.69, 9.17) is 9.47 Å². The van der Waals surface area contributed by atoms with E-state index in [1.54, 1.807) is 55.1 Å². The van der Waals surface area contributed by atoms with Crippen LogP contribution in [0.4, 0.5) is 10.8 Å². The number of anilines is 2. The quantitative estimate of drug-likeness (QED) is 0.291. The average molecular weight is 557 g/mol.